The first-order chi connectivity index (χ1) is 14.5. The molecule has 2 aromatic carbocycles. The van der Waals surface area contributed by atoms with Crippen molar-refractivity contribution in [3.05, 3.63) is 81.2 Å². The SMILES string of the molecule is Cc1ccc(-c2csc3ncn(CC(=O)Nc4ccccc4C#N)c(=O)c23)cc1C. The van der Waals surface area contributed by atoms with Crippen LogP contribution in [0.4, 0.5) is 5.69 Å². The van der Waals surface area contributed by atoms with Gasteiger partial charge in [-0.3, -0.25) is 14.2 Å². The predicted molar refractivity (Wildman–Crippen MR) is 119 cm³/mol. The Kier molecular flexibility index (Phi) is 5.17. The molecular weight excluding hydrogens is 396 g/mol. The van der Waals surface area contributed by atoms with E-state index in [2.05, 4.69) is 16.4 Å². The molecule has 0 aliphatic carbocycles. The summed E-state index contributed by atoms with van der Waals surface area (Å²) in [6, 6.07) is 14.8. The molecule has 148 valence electrons. The molecule has 0 aliphatic heterocycles. The molecule has 0 radical (unpaired) electrons. The number of rotatable bonds is 4. The molecule has 30 heavy (non-hydrogen) atoms. The monoisotopic (exact) mass is 414 g/mol. The number of fused-ring (bicyclic) bond motifs is 1. The first kappa shape index (κ1) is 19.6. The molecule has 0 atom stereocenters. The maximum Gasteiger partial charge on any atom is 0.263 e. The van der Waals surface area contributed by atoms with E-state index in [1.807, 2.05) is 37.4 Å². The van der Waals surface area contributed by atoms with Crippen LogP contribution in [-0.2, 0) is 11.3 Å². The zero-order valence-electron chi connectivity index (χ0n) is 16.5. The quantitative estimate of drug-likeness (QED) is 0.541. The van der Waals surface area contributed by atoms with Gasteiger partial charge < -0.3 is 5.32 Å². The Morgan fingerprint density at radius 1 is 1.20 bits per heavy atom. The van der Waals surface area contributed by atoms with Crippen molar-refractivity contribution in [3.8, 4) is 17.2 Å². The molecular formula is C23H18N4O2S. The number of thiophene rings is 1. The van der Waals surface area contributed by atoms with Gasteiger partial charge in [0.1, 0.15) is 17.4 Å². The van der Waals surface area contributed by atoms with Gasteiger partial charge in [0.15, 0.2) is 0 Å². The van der Waals surface area contributed by atoms with Crippen LogP contribution < -0.4 is 10.9 Å². The number of nitrogens with zero attached hydrogens (tertiary/aromatic N) is 3. The first-order valence-corrected chi connectivity index (χ1v) is 10.2. The second-order valence-corrected chi connectivity index (χ2v) is 7.87. The van der Waals surface area contributed by atoms with Gasteiger partial charge in [0.05, 0.1) is 23.0 Å². The van der Waals surface area contributed by atoms with Gasteiger partial charge in [-0.05, 0) is 42.7 Å². The van der Waals surface area contributed by atoms with Crippen LogP contribution in [-0.4, -0.2) is 15.5 Å². The fourth-order valence-corrected chi connectivity index (χ4v) is 4.14. The minimum Gasteiger partial charge on any atom is -0.323 e. The average Bonchev–Trinajstić information content (AvgIpc) is 3.17. The molecule has 6 nitrogen and oxygen atoms in total. The van der Waals surface area contributed by atoms with Gasteiger partial charge in [-0.25, -0.2) is 4.98 Å². The number of aromatic nitrogens is 2. The van der Waals surface area contributed by atoms with Gasteiger partial charge >= 0.3 is 0 Å². The Hall–Kier alpha value is -3.76. The van der Waals surface area contributed by atoms with E-state index in [9.17, 15) is 9.59 Å². The third-order valence-corrected chi connectivity index (χ3v) is 5.90. The van der Waals surface area contributed by atoms with E-state index >= 15 is 0 Å². The maximum atomic E-state index is 13.1. The normalized spacial score (nSPS) is 10.7. The lowest BCUT2D eigenvalue weighted by atomic mass is 10.0. The topological polar surface area (TPSA) is 87.8 Å². The fraction of sp³-hybridized carbons (Fsp3) is 0.130. The van der Waals surface area contributed by atoms with Gasteiger partial charge in [0, 0.05) is 10.9 Å². The highest BCUT2D eigenvalue weighted by Gasteiger charge is 2.15. The summed E-state index contributed by atoms with van der Waals surface area (Å²) in [6.45, 7) is 3.89. The summed E-state index contributed by atoms with van der Waals surface area (Å²) in [4.78, 5) is 30.7. The first-order valence-electron chi connectivity index (χ1n) is 9.31. The molecule has 0 bridgehead atoms. The van der Waals surface area contributed by atoms with Crippen LogP contribution >= 0.6 is 11.3 Å². The van der Waals surface area contributed by atoms with Gasteiger partial charge in [0.25, 0.3) is 5.56 Å². The third kappa shape index (κ3) is 3.61. The van der Waals surface area contributed by atoms with E-state index in [4.69, 9.17) is 5.26 Å². The highest BCUT2D eigenvalue weighted by molar-refractivity contribution is 7.17. The lowest BCUT2D eigenvalue weighted by Crippen LogP contribution is -2.28. The molecule has 0 unspecified atom stereocenters. The lowest BCUT2D eigenvalue weighted by Gasteiger charge is -2.09. The number of amides is 1. The Morgan fingerprint density at radius 3 is 2.77 bits per heavy atom. The number of hydrogen-bond acceptors (Lipinski definition) is 5. The van der Waals surface area contributed by atoms with E-state index < -0.39 is 5.91 Å². The van der Waals surface area contributed by atoms with Crippen molar-refractivity contribution in [3.63, 3.8) is 0 Å². The van der Waals surface area contributed by atoms with Crippen molar-refractivity contribution in [2.24, 2.45) is 0 Å². The van der Waals surface area contributed by atoms with Crippen LogP contribution in [0.1, 0.15) is 16.7 Å². The third-order valence-electron chi connectivity index (χ3n) is 5.01. The highest BCUT2D eigenvalue weighted by Crippen LogP contribution is 2.31. The molecule has 0 aliphatic rings. The summed E-state index contributed by atoms with van der Waals surface area (Å²) in [5, 5.41) is 14.3. The van der Waals surface area contributed by atoms with E-state index in [-0.39, 0.29) is 12.1 Å². The van der Waals surface area contributed by atoms with Crippen LogP contribution in [0.3, 0.4) is 0 Å². The van der Waals surface area contributed by atoms with Crippen molar-refractivity contribution in [1.82, 2.24) is 9.55 Å². The predicted octanol–water partition coefficient (Wildman–Crippen LogP) is 4.25. The van der Waals surface area contributed by atoms with E-state index in [0.29, 0.717) is 21.5 Å². The molecule has 4 rings (SSSR count). The average molecular weight is 414 g/mol. The number of para-hydroxylation sites is 1. The summed E-state index contributed by atoms with van der Waals surface area (Å²) < 4.78 is 1.30. The standard InChI is InChI=1S/C23H18N4O2S/c1-14-7-8-16(9-15(14)2)18-12-30-22-21(18)23(29)27(13-25-22)11-20(28)26-19-6-4-3-5-17(19)10-24/h3-9,12-13H,11H2,1-2H3,(H,26,28). The number of carbonyl (C=O) groups excluding carboxylic acids is 1. The van der Waals surface area contributed by atoms with E-state index in [1.54, 1.807) is 24.3 Å². The van der Waals surface area contributed by atoms with Crippen molar-refractivity contribution >= 4 is 33.1 Å². The number of anilines is 1. The lowest BCUT2D eigenvalue weighted by molar-refractivity contribution is -0.116. The molecule has 0 saturated heterocycles. The summed E-state index contributed by atoms with van der Waals surface area (Å²) in [5.41, 5.74) is 4.61. The van der Waals surface area contributed by atoms with Gasteiger partial charge in [0.2, 0.25) is 5.91 Å². The Bertz CT molecular complexity index is 1380. The molecule has 4 aromatic rings. The van der Waals surface area contributed by atoms with Crippen LogP contribution in [0.25, 0.3) is 21.3 Å². The molecule has 1 N–H and O–H groups in total. The van der Waals surface area contributed by atoms with Crippen LogP contribution in [0.15, 0.2) is 59.0 Å². The van der Waals surface area contributed by atoms with Gasteiger partial charge in [-0.2, -0.15) is 5.26 Å². The number of carbonyl (C=O) groups is 1. The van der Waals surface area contributed by atoms with Crippen LogP contribution in [0.2, 0.25) is 0 Å². The fourth-order valence-electron chi connectivity index (χ4n) is 3.24. The maximum absolute atomic E-state index is 13.1. The van der Waals surface area contributed by atoms with Crippen LogP contribution in [0, 0.1) is 25.2 Å². The molecule has 7 heteroatoms. The Balaban J connectivity index is 1.68. The minimum absolute atomic E-state index is 0.191. The number of nitrogens with one attached hydrogen (secondary N) is 1. The second-order valence-electron chi connectivity index (χ2n) is 7.01. The molecule has 0 spiro atoms. The van der Waals surface area contributed by atoms with E-state index in [1.165, 1.54) is 27.8 Å². The molecule has 2 aromatic heterocycles. The molecule has 2 heterocycles. The zero-order valence-corrected chi connectivity index (χ0v) is 17.3. The number of aryl methyl sites for hydroxylation is 2. The van der Waals surface area contributed by atoms with Gasteiger partial charge in [-0.15, -0.1) is 11.3 Å². The second kappa shape index (κ2) is 7.93. The molecule has 1 amide bonds. The summed E-state index contributed by atoms with van der Waals surface area (Å²) >= 11 is 1.41. The van der Waals surface area contributed by atoms with Gasteiger partial charge in [-0.1, -0.05) is 30.3 Å². The van der Waals surface area contributed by atoms with Crippen molar-refractivity contribution in [1.29, 1.82) is 5.26 Å². The van der Waals surface area contributed by atoms with Crippen LogP contribution in [0.5, 0.6) is 0 Å². The molecule has 0 fully saturated rings. The smallest absolute Gasteiger partial charge is 0.263 e. The highest BCUT2D eigenvalue weighted by atomic mass is 32.1. The van der Waals surface area contributed by atoms with Crippen molar-refractivity contribution < 1.29 is 4.79 Å². The molecule has 0 saturated carbocycles. The number of nitriles is 1. The summed E-state index contributed by atoms with van der Waals surface area (Å²) in [6.07, 6.45) is 1.39. The Labute approximate surface area is 177 Å². The van der Waals surface area contributed by atoms with Crippen molar-refractivity contribution in [2.45, 2.75) is 20.4 Å². The zero-order chi connectivity index (χ0) is 21.3. The summed E-state index contributed by atoms with van der Waals surface area (Å²) in [5.74, 6) is -0.399. The minimum atomic E-state index is -0.399. The Morgan fingerprint density at radius 2 is 2.00 bits per heavy atom. The number of benzene rings is 2. The largest absolute Gasteiger partial charge is 0.323 e. The van der Waals surface area contributed by atoms with E-state index in [0.717, 1.165) is 16.7 Å². The van der Waals surface area contributed by atoms with Crippen molar-refractivity contribution in [2.75, 3.05) is 5.32 Å². The number of hydrogen-bond donors (Lipinski definition) is 1. The summed E-state index contributed by atoms with van der Waals surface area (Å²) in [7, 11) is 0.